The fourth-order valence-corrected chi connectivity index (χ4v) is 6.86. The molecule has 2 aromatic carbocycles. The molecule has 0 saturated heterocycles. The van der Waals surface area contributed by atoms with E-state index in [0.717, 1.165) is 40.5 Å². The van der Waals surface area contributed by atoms with Gasteiger partial charge in [0.25, 0.3) is 0 Å². The summed E-state index contributed by atoms with van der Waals surface area (Å²) < 4.78 is 25.9. The first-order valence-corrected chi connectivity index (χ1v) is 18.2. The molecule has 2 N–H and O–H groups in total. The van der Waals surface area contributed by atoms with Crippen LogP contribution in [0.1, 0.15) is 25.0 Å². The van der Waals surface area contributed by atoms with Gasteiger partial charge in [-0.1, -0.05) is 13.8 Å². The molecule has 0 heterocycles. The van der Waals surface area contributed by atoms with Gasteiger partial charge in [0.1, 0.15) is 36.9 Å². The van der Waals surface area contributed by atoms with Crippen LogP contribution in [0, 0.1) is 0 Å². The first kappa shape index (κ1) is 35.7. The number of aliphatic hydroxyl groups excluding tert-OH is 2. The zero-order chi connectivity index (χ0) is 29.0. The molecule has 2 rings (SSSR count). The Bertz CT molecular complexity index is 918. The summed E-state index contributed by atoms with van der Waals surface area (Å²) in [7, 11) is 0. The maximum Gasteiger partial charge on any atom is 0.147 e. The van der Waals surface area contributed by atoms with Gasteiger partial charge in [-0.05, 0) is 112 Å². The van der Waals surface area contributed by atoms with Gasteiger partial charge in [-0.2, -0.15) is 23.5 Å². The molecule has 6 nitrogen and oxygen atoms in total. The number of aliphatic hydroxyl groups is 2. The minimum Gasteiger partial charge on any atom is -0.488 e. The number of hydrogen-bond acceptors (Lipinski definition) is 8. The molecule has 0 fully saturated rings. The Labute approximate surface area is 274 Å². The Balaban J connectivity index is 2.09. The minimum absolute atomic E-state index is 0.124. The van der Waals surface area contributed by atoms with Gasteiger partial charge in [-0.15, -0.1) is 0 Å². The van der Waals surface area contributed by atoms with Crippen molar-refractivity contribution in [3.05, 3.63) is 53.3 Å². The van der Waals surface area contributed by atoms with Crippen LogP contribution in [-0.4, -0.2) is 86.1 Å². The fraction of sp³-hybridized carbons (Fsp3) is 0.556. The maximum absolute atomic E-state index is 10.2. The van der Waals surface area contributed by atoms with Gasteiger partial charge in [0, 0.05) is 16.9 Å². The van der Waals surface area contributed by atoms with E-state index in [-0.39, 0.29) is 31.8 Å². The molecule has 0 spiro atoms. The molecule has 0 aliphatic rings. The Kier molecular flexibility index (Phi) is 16.7. The second kappa shape index (κ2) is 18.2. The first-order chi connectivity index (χ1) is 18.5. The summed E-state index contributed by atoms with van der Waals surface area (Å²) in [6, 6.07) is 8.12. The molecule has 0 aromatic heterocycles. The van der Waals surface area contributed by atoms with Crippen LogP contribution in [0.15, 0.2) is 42.2 Å². The highest BCUT2D eigenvalue weighted by Gasteiger charge is 2.27. The molecular weight excluding hydrogens is 804 g/mol. The van der Waals surface area contributed by atoms with Crippen molar-refractivity contribution in [2.75, 3.05) is 63.7 Å². The lowest BCUT2D eigenvalue weighted by molar-refractivity contribution is 0.0170. The van der Waals surface area contributed by atoms with Crippen molar-refractivity contribution in [3.63, 3.8) is 0 Å². The molecular formula is C27H36Br4O6S2. The number of thioether (sulfide) groups is 2. The van der Waals surface area contributed by atoms with E-state index in [9.17, 15) is 10.2 Å². The Morgan fingerprint density at radius 1 is 0.667 bits per heavy atom. The van der Waals surface area contributed by atoms with Crippen molar-refractivity contribution >= 4 is 87.2 Å². The lowest BCUT2D eigenvalue weighted by Crippen LogP contribution is -2.24. The van der Waals surface area contributed by atoms with Gasteiger partial charge < -0.3 is 29.2 Å². The molecule has 39 heavy (non-hydrogen) atoms. The number of ether oxygens (including phenoxy) is 4. The lowest BCUT2D eigenvalue weighted by atomic mass is 9.78. The molecule has 0 radical (unpaired) electrons. The van der Waals surface area contributed by atoms with Crippen molar-refractivity contribution in [1.82, 2.24) is 0 Å². The maximum atomic E-state index is 10.2. The highest BCUT2D eigenvalue weighted by Crippen LogP contribution is 2.44. The summed E-state index contributed by atoms with van der Waals surface area (Å²) in [6.07, 6.45) is 2.60. The van der Waals surface area contributed by atoms with Crippen molar-refractivity contribution in [2.24, 2.45) is 0 Å². The van der Waals surface area contributed by atoms with Crippen molar-refractivity contribution in [1.29, 1.82) is 0 Å². The molecule has 0 bridgehead atoms. The molecule has 2 aromatic rings. The third-order valence-electron chi connectivity index (χ3n) is 5.76. The van der Waals surface area contributed by atoms with Crippen LogP contribution in [0.2, 0.25) is 0 Å². The third kappa shape index (κ3) is 11.6. The zero-order valence-corrected chi connectivity index (χ0v) is 30.5. The van der Waals surface area contributed by atoms with Crippen LogP contribution in [-0.2, 0) is 14.9 Å². The van der Waals surface area contributed by atoms with Gasteiger partial charge in [0.05, 0.1) is 44.3 Å². The Morgan fingerprint density at radius 3 is 1.31 bits per heavy atom. The van der Waals surface area contributed by atoms with Crippen LogP contribution >= 0.6 is 87.2 Å². The fourth-order valence-electron chi connectivity index (χ4n) is 3.46. The molecule has 12 heteroatoms. The Morgan fingerprint density at radius 2 is 1.00 bits per heavy atom. The summed E-state index contributed by atoms with van der Waals surface area (Å²) in [4.78, 5) is 0. The number of halogens is 4. The molecule has 0 saturated carbocycles. The number of benzene rings is 2. The second-order valence-corrected chi connectivity index (χ2v) is 14.6. The van der Waals surface area contributed by atoms with Crippen molar-refractivity contribution in [2.45, 2.75) is 31.5 Å². The molecule has 2 atom stereocenters. The largest absolute Gasteiger partial charge is 0.488 e. The highest BCUT2D eigenvalue weighted by atomic mass is 79.9. The van der Waals surface area contributed by atoms with E-state index in [1.54, 1.807) is 23.5 Å². The van der Waals surface area contributed by atoms with Gasteiger partial charge in [-0.25, -0.2) is 0 Å². The SMILES string of the molecule is CSCCOCC(O)COc1c(Br)cc(C(C)(C)c2cc(Br)c(OCC(O)COCCSC)c(Br)c2)cc1Br. The number of rotatable bonds is 18. The summed E-state index contributed by atoms with van der Waals surface area (Å²) in [5.41, 5.74) is 1.74. The molecule has 0 aliphatic heterocycles. The normalized spacial score (nSPS) is 13.4. The topological polar surface area (TPSA) is 77.4 Å². The predicted molar refractivity (Wildman–Crippen MR) is 177 cm³/mol. The minimum atomic E-state index is -0.717. The van der Waals surface area contributed by atoms with E-state index in [1.807, 2.05) is 36.8 Å². The molecule has 0 amide bonds. The summed E-state index contributed by atoms with van der Waals surface area (Å²) in [5.74, 6) is 3.03. The van der Waals surface area contributed by atoms with E-state index < -0.39 is 12.2 Å². The predicted octanol–water partition coefficient (Wildman–Crippen LogP) is 7.30. The van der Waals surface area contributed by atoms with Gasteiger partial charge in [-0.3, -0.25) is 0 Å². The van der Waals surface area contributed by atoms with Crippen molar-refractivity contribution in [3.8, 4) is 11.5 Å². The van der Waals surface area contributed by atoms with Crippen LogP contribution in [0.4, 0.5) is 0 Å². The lowest BCUT2D eigenvalue weighted by Gasteiger charge is -2.28. The quantitative estimate of drug-likeness (QED) is 0.152. The van der Waals surface area contributed by atoms with E-state index >= 15 is 0 Å². The Hall–Kier alpha value is 0.500. The van der Waals surface area contributed by atoms with Gasteiger partial charge in [0.15, 0.2) is 0 Å². The zero-order valence-electron chi connectivity index (χ0n) is 22.5. The van der Waals surface area contributed by atoms with E-state index in [2.05, 4.69) is 77.6 Å². The van der Waals surface area contributed by atoms with Crippen LogP contribution in [0.25, 0.3) is 0 Å². The molecule has 0 aliphatic carbocycles. The molecule has 220 valence electrons. The summed E-state index contributed by atoms with van der Waals surface area (Å²) in [5, 5.41) is 20.4. The van der Waals surface area contributed by atoms with Crippen LogP contribution < -0.4 is 9.47 Å². The standard InChI is InChI=1S/C27H36Br4O6S2/c1-27(2,17-9-21(28)25(22(29)10-17)36-15-19(32)13-34-5-7-38-3)18-11-23(30)26(24(31)12-18)37-16-20(33)14-35-6-8-39-4/h9-12,19-20,32-33H,5-8,13-16H2,1-4H3. The smallest absolute Gasteiger partial charge is 0.147 e. The van der Waals surface area contributed by atoms with E-state index in [0.29, 0.717) is 24.7 Å². The van der Waals surface area contributed by atoms with Crippen molar-refractivity contribution < 1.29 is 29.2 Å². The number of hydrogen-bond donors (Lipinski definition) is 2. The third-order valence-corrected chi connectivity index (χ3v) is 9.27. The monoisotopic (exact) mass is 836 g/mol. The molecule has 2 unspecified atom stereocenters. The van der Waals surface area contributed by atoms with Gasteiger partial charge >= 0.3 is 0 Å². The van der Waals surface area contributed by atoms with Gasteiger partial charge in [0.2, 0.25) is 0 Å². The van der Waals surface area contributed by atoms with Crippen LogP contribution in [0.3, 0.4) is 0 Å². The second-order valence-electron chi connectivity index (χ2n) is 9.23. The summed E-state index contributed by atoms with van der Waals surface area (Å²) in [6.45, 7) is 6.20. The average Bonchev–Trinajstić information content (AvgIpc) is 2.88. The highest BCUT2D eigenvalue weighted by molar-refractivity contribution is 9.11. The van der Waals surface area contributed by atoms with Crippen LogP contribution in [0.5, 0.6) is 11.5 Å². The van der Waals surface area contributed by atoms with E-state index in [1.165, 1.54) is 0 Å². The first-order valence-electron chi connectivity index (χ1n) is 12.2. The average molecular weight is 840 g/mol. The van der Waals surface area contributed by atoms with E-state index in [4.69, 9.17) is 18.9 Å². The summed E-state index contributed by atoms with van der Waals surface area (Å²) >= 11 is 18.0.